The van der Waals surface area contributed by atoms with Gasteiger partial charge in [0.05, 0.1) is 19.3 Å². The fourth-order valence-corrected chi connectivity index (χ4v) is 2.43. The van der Waals surface area contributed by atoms with Gasteiger partial charge in [0, 0.05) is 6.20 Å². The van der Waals surface area contributed by atoms with Crippen LogP contribution in [0.15, 0.2) is 12.4 Å². The van der Waals surface area contributed by atoms with Crippen LogP contribution in [-0.4, -0.2) is 21.5 Å². The van der Waals surface area contributed by atoms with Crippen LogP contribution in [-0.2, 0) is 12.0 Å². The molecule has 1 aromatic rings. The van der Waals surface area contributed by atoms with Crippen molar-refractivity contribution in [2.75, 3.05) is 6.61 Å². The van der Waals surface area contributed by atoms with E-state index in [1.54, 1.807) is 0 Å². The largest absolute Gasteiger partial charge is 0.394 e. The third-order valence-electron chi connectivity index (χ3n) is 3.54. The lowest BCUT2D eigenvalue weighted by Gasteiger charge is -2.28. The number of aliphatic hydroxyl groups excluding tert-OH is 1. The van der Waals surface area contributed by atoms with Gasteiger partial charge in [0.15, 0.2) is 0 Å². The van der Waals surface area contributed by atoms with Gasteiger partial charge in [0.2, 0.25) is 0 Å². The molecule has 1 unspecified atom stereocenters. The molecule has 1 aromatic heterocycles. The number of hydrogen-bond acceptors (Lipinski definition) is 2. The first kappa shape index (κ1) is 14.2. The minimum absolute atomic E-state index is 0.153. The van der Waals surface area contributed by atoms with Crippen molar-refractivity contribution >= 4 is 0 Å². The molecule has 1 rings (SSSR count). The van der Waals surface area contributed by atoms with Gasteiger partial charge in [0.25, 0.3) is 0 Å². The Labute approximate surface area is 105 Å². The average Bonchev–Trinajstić information content (AvgIpc) is 2.77. The third-order valence-corrected chi connectivity index (χ3v) is 3.54. The Morgan fingerprint density at radius 1 is 1.29 bits per heavy atom. The lowest BCUT2D eigenvalue weighted by molar-refractivity contribution is 0.269. The van der Waals surface area contributed by atoms with E-state index < -0.39 is 0 Å². The molecule has 0 spiro atoms. The van der Waals surface area contributed by atoms with Crippen LogP contribution < -0.4 is 0 Å². The van der Waals surface area contributed by atoms with Crippen molar-refractivity contribution in [2.24, 2.45) is 0 Å². The van der Waals surface area contributed by atoms with Crippen LogP contribution in [0.5, 0.6) is 0 Å². The van der Waals surface area contributed by atoms with Crippen LogP contribution in [0.3, 0.4) is 0 Å². The molecule has 1 N–H and O–H groups in total. The lowest BCUT2D eigenvalue weighted by Crippen LogP contribution is -2.21. The SMILES string of the molecule is CCCCC(C)(CCC)c1cnn(CCO)c1. The van der Waals surface area contributed by atoms with Crippen molar-refractivity contribution in [2.45, 2.75) is 64.8 Å². The number of aromatic nitrogens is 2. The molecule has 0 amide bonds. The number of aliphatic hydroxyl groups is 1. The van der Waals surface area contributed by atoms with E-state index in [2.05, 4.69) is 32.1 Å². The Balaban J connectivity index is 2.79. The summed E-state index contributed by atoms with van der Waals surface area (Å²) in [7, 11) is 0. The Bertz CT molecular complexity index is 322. The molecule has 3 heteroatoms. The number of rotatable bonds is 8. The van der Waals surface area contributed by atoms with Crippen molar-refractivity contribution < 1.29 is 5.11 Å². The quantitative estimate of drug-likeness (QED) is 0.755. The van der Waals surface area contributed by atoms with E-state index in [0.717, 1.165) is 0 Å². The lowest BCUT2D eigenvalue weighted by atomic mass is 9.76. The van der Waals surface area contributed by atoms with Crippen molar-refractivity contribution in [3.05, 3.63) is 18.0 Å². The molecular formula is C14H26N2O. The molecule has 17 heavy (non-hydrogen) atoms. The van der Waals surface area contributed by atoms with E-state index in [0.29, 0.717) is 6.54 Å². The zero-order valence-electron chi connectivity index (χ0n) is 11.4. The summed E-state index contributed by atoms with van der Waals surface area (Å²) in [5.41, 5.74) is 1.57. The van der Waals surface area contributed by atoms with Crippen molar-refractivity contribution in [3.8, 4) is 0 Å². The van der Waals surface area contributed by atoms with Crippen molar-refractivity contribution in [3.63, 3.8) is 0 Å². The summed E-state index contributed by atoms with van der Waals surface area (Å²) in [4.78, 5) is 0. The molecule has 3 nitrogen and oxygen atoms in total. The Hall–Kier alpha value is -0.830. The van der Waals surface area contributed by atoms with Gasteiger partial charge in [-0.15, -0.1) is 0 Å². The van der Waals surface area contributed by atoms with Gasteiger partial charge in [-0.2, -0.15) is 5.10 Å². The Morgan fingerprint density at radius 2 is 2.06 bits per heavy atom. The second kappa shape index (κ2) is 6.80. The first-order valence-electron chi connectivity index (χ1n) is 6.80. The van der Waals surface area contributed by atoms with Crippen LogP contribution >= 0.6 is 0 Å². The van der Waals surface area contributed by atoms with Gasteiger partial charge in [-0.05, 0) is 23.8 Å². The first-order chi connectivity index (χ1) is 8.16. The average molecular weight is 238 g/mol. The van der Waals surface area contributed by atoms with Crippen molar-refractivity contribution in [1.29, 1.82) is 0 Å². The molecule has 0 bridgehead atoms. The summed E-state index contributed by atoms with van der Waals surface area (Å²) in [5, 5.41) is 13.2. The number of unbranched alkanes of at least 4 members (excludes halogenated alkanes) is 1. The van der Waals surface area contributed by atoms with Crippen LogP contribution in [0, 0.1) is 0 Å². The predicted molar refractivity (Wildman–Crippen MR) is 71.1 cm³/mol. The number of nitrogens with zero attached hydrogens (tertiary/aromatic N) is 2. The number of hydrogen-bond donors (Lipinski definition) is 1. The Morgan fingerprint density at radius 3 is 2.65 bits per heavy atom. The maximum absolute atomic E-state index is 8.92. The van der Waals surface area contributed by atoms with E-state index in [-0.39, 0.29) is 12.0 Å². The highest BCUT2D eigenvalue weighted by Crippen LogP contribution is 2.34. The van der Waals surface area contributed by atoms with E-state index in [1.165, 1.54) is 37.7 Å². The summed E-state index contributed by atoms with van der Waals surface area (Å²) in [6.45, 7) is 7.56. The van der Waals surface area contributed by atoms with Gasteiger partial charge in [0.1, 0.15) is 0 Å². The van der Waals surface area contributed by atoms with Gasteiger partial charge >= 0.3 is 0 Å². The van der Waals surface area contributed by atoms with Crippen LogP contribution in [0.1, 0.15) is 58.4 Å². The second-order valence-electron chi connectivity index (χ2n) is 5.13. The van der Waals surface area contributed by atoms with Gasteiger partial charge in [-0.25, -0.2) is 0 Å². The normalized spacial score (nSPS) is 14.8. The fraction of sp³-hybridized carbons (Fsp3) is 0.786. The molecule has 1 heterocycles. The van der Waals surface area contributed by atoms with Crippen LogP contribution in [0.4, 0.5) is 0 Å². The monoisotopic (exact) mass is 238 g/mol. The molecule has 0 saturated carbocycles. The highest BCUT2D eigenvalue weighted by Gasteiger charge is 2.26. The van der Waals surface area contributed by atoms with E-state index in [4.69, 9.17) is 5.11 Å². The van der Waals surface area contributed by atoms with Crippen molar-refractivity contribution in [1.82, 2.24) is 9.78 Å². The molecule has 0 aliphatic heterocycles. The maximum Gasteiger partial charge on any atom is 0.0640 e. The molecule has 0 aliphatic carbocycles. The second-order valence-corrected chi connectivity index (χ2v) is 5.13. The van der Waals surface area contributed by atoms with E-state index >= 15 is 0 Å². The summed E-state index contributed by atoms with van der Waals surface area (Å²) < 4.78 is 1.84. The van der Waals surface area contributed by atoms with Gasteiger partial charge in [-0.1, -0.05) is 40.0 Å². The fourth-order valence-electron chi connectivity index (χ4n) is 2.43. The zero-order valence-corrected chi connectivity index (χ0v) is 11.4. The molecule has 0 aromatic carbocycles. The molecule has 0 saturated heterocycles. The molecule has 98 valence electrons. The van der Waals surface area contributed by atoms with Crippen LogP contribution in [0.25, 0.3) is 0 Å². The summed E-state index contributed by atoms with van der Waals surface area (Å²) in [6, 6.07) is 0. The minimum atomic E-state index is 0.153. The summed E-state index contributed by atoms with van der Waals surface area (Å²) in [5.74, 6) is 0. The van der Waals surface area contributed by atoms with Crippen LogP contribution in [0.2, 0.25) is 0 Å². The van der Waals surface area contributed by atoms with Gasteiger partial charge in [-0.3, -0.25) is 4.68 Å². The first-order valence-corrected chi connectivity index (χ1v) is 6.80. The topological polar surface area (TPSA) is 38.0 Å². The third kappa shape index (κ3) is 3.84. The highest BCUT2D eigenvalue weighted by atomic mass is 16.3. The maximum atomic E-state index is 8.92. The zero-order chi connectivity index (χ0) is 12.7. The molecule has 0 fully saturated rings. The van der Waals surface area contributed by atoms with Gasteiger partial charge < -0.3 is 5.11 Å². The minimum Gasteiger partial charge on any atom is -0.394 e. The predicted octanol–water partition coefficient (Wildman–Crippen LogP) is 3.12. The van der Waals surface area contributed by atoms with E-state index in [1.807, 2.05) is 10.9 Å². The highest BCUT2D eigenvalue weighted by molar-refractivity contribution is 5.18. The summed E-state index contributed by atoms with van der Waals surface area (Å²) in [6.07, 6.45) is 10.2. The molecule has 0 aliphatic rings. The smallest absolute Gasteiger partial charge is 0.0640 e. The van der Waals surface area contributed by atoms with E-state index in [9.17, 15) is 0 Å². The molecule has 0 radical (unpaired) electrons. The summed E-state index contributed by atoms with van der Waals surface area (Å²) >= 11 is 0. The Kier molecular flexibility index (Phi) is 5.69. The standard InChI is InChI=1S/C14H26N2O/c1-4-6-8-14(3,7-5-2)13-11-15-16(12-13)9-10-17/h11-12,17H,4-10H2,1-3H3. The molecular weight excluding hydrogens is 212 g/mol. The molecule has 1 atom stereocenters.